The molecule has 1 aromatic rings. The van der Waals surface area contributed by atoms with E-state index in [0.29, 0.717) is 12.3 Å². The van der Waals surface area contributed by atoms with Crippen molar-refractivity contribution < 1.29 is 9.53 Å². The maximum Gasteiger partial charge on any atom is 0.220 e. The normalized spacial score (nSPS) is 20.2. The molecule has 0 aromatic heterocycles. The number of piperidine rings is 1. The number of hydrogen-bond acceptors (Lipinski definition) is 3. The molecule has 0 bridgehead atoms. The van der Waals surface area contributed by atoms with E-state index in [9.17, 15) is 4.79 Å². The summed E-state index contributed by atoms with van der Waals surface area (Å²) in [5.74, 6) is 1.45. The maximum absolute atomic E-state index is 12.1. The molecule has 2 unspecified atom stereocenters. The Labute approximate surface area is 120 Å². The molecule has 1 aliphatic heterocycles. The minimum Gasteiger partial charge on any atom is -0.497 e. The number of hydrogen-bond donors (Lipinski definition) is 2. The summed E-state index contributed by atoms with van der Waals surface area (Å²) in [4.78, 5) is 12.1. The number of nitrogens with one attached hydrogen (secondary N) is 2. The number of rotatable bonds is 5. The highest BCUT2D eigenvalue weighted by atomic mass is 16.5. The summed E-state index contributed by atoms with van der Waals surface area (Å²) in [6.07, 6.45) is 2.94. The van der Waals surface area contributed by atoms with Crippen molar-refractivity contribution in [3.8, 4) is 5.75 Å². The SMILES string of the molecule is COc1ccc(C(C)NC(=O)CC2CCCNC2)cc1. The first kappa shape index (κ1) is 14.9. The third-order valence-corrected chi connectivity index (χ3v) is 3.87. The molecule has 0 saturated carbocycles. The van der Waals surface area contributed by atoms with Crippen LogP contribution >= 0.6 is 0 Å². The van der Waals surface area contributed by atoms with Gasteiger partial charge in [-0.1, -0.05) is 12.1 Å². The van der Waals surface area contributed by atoms with Gasteiger partial charge in [-0.15, -0.1) is 0 Å². The van der Waals surface area contributed by atoms with Gasteiger partial charge in [0.25, 0.3) is 0 Å². The quantitative estimate of drug-likeness (QED) is 0.867. The van der Waals surface area contributed by atoms with Crippen LogP contribution in [0.1, 0.15) is 37.8 Å². The lowest BCUT2D eigenvalue weighted by atomic mass is 9.95. The maximum atomic E-state index is 12.1. The summed E-state index contributed by atoms with van der Waals surface area (Å²) in [6.45, 7) is 4.06. The van der Waals surface area contributed by atoms with Crippen LogP contribution in [-0.2, 0) is 4.79 Å². The second-order valence-electron chi connectivity index (χ2n) is 5.48. The second-order valence-corrected chi connectivity index (χ2v) is 5.48. The smallest absolute Gasteiger partial charge is 0.220 e. The molecule has 110 valence electrons. The largest absolute Gasteiger partial charge is 0.497 e. The van der Waals surface area contributed by atoms with E-state index < -0.39 is 0 Å². The fraction of sp³-hybridized carbons (Fsp3) is 0.562. The third kappa shape index (κ3) is 4.23. The zero-order valence-corrected chi connectivity index (χ0v) is 12.3. The molecule has 2 N–H and O–H groups in total. The van der Waals surface area contributed by atoms with Crippen LogP contribution in [0.15, 0.2) is 24.3 Å². The van der Waals surface area contributed by atoms with Crippen LogP contribution in [-0.4, -0.2) is 26.1 Å². The van der Waals surface area contributed by atoms with Crippen LogP contribution < -0.4 is 15.4 Å². The fourth-order valence-electron chi connectivity index (χ4n) is 2.64. The molecule has 4 nitrogen and oxygen atoms in total. The number of amides is 1. The van der Waals surface area contributed by atoms with Crippen molar-refractivity contribution in [1.82, 2.24) is 10.6 Å². The van der Waals surface area contributed by atoms with Gasteiger partial charge in [0.2, 0.25) is 5.91 Å². The average Bonchev–Trinajstić information content (AvgIpc) is 2.48. The highest BCUT2D eigenvalue weighted by Gasteiger charge is 2.18. The van der Waals surface area contributed by atoms with Crippen molar-refractivity contribution in [3.63, 3.8) is 0 Å². The van der Waals surface area contributed by atoms with Gasteiger partial charge in [0.1, 0.15) is 5.75 Å². The van der Waals surface area contributed by atoms with Crippen molar-refractivity contribution in [2.45, 2.75) is 32.2 Å². The lowest BCUT2D eigenvalue weighted by Gasteiger charge is -2.23. The van der Waals surface area contributed by atoms with E-state index in [2.05, 4.69) is 10.6 Å². The minimum absolute atomic E-state index is 0.0324. The van der Waals surface area contributed by atoms with Crippen LogP contribution in [0.4, 0.5) is 0 Å². The number of carbonyl (C=O) groups is 1. The molecule has 2 rings (SSSR count). The average molecular weight is 276 g/mol. The molecule has 1 fully saturated rings. The molecular formula is C16H24N2O2. The lowest BCUT2D eigenvalue weighted by molar-refractivity contribution is -0.122. The second kappa shape index (κ2) is 7.29. The Hall–Kier alpha value is -1.55. The van der Waals surface area contributed by atoms with Crippen LogP contribution in [0, 0.1) is 5.92 Å². The van der Waals surface area contributed by atoms with Gasteiger partial charge in [0.05, 0.1) is 13.2 Å². The summed E-state index contributed by atoms with van der Waals surface area (Å²) >= 11 is 0. The number of carbonyl (C=O) groups excluding carboxylic acids is 1. The minimum atomic E-state index is 0.0324. The van der Waals surface area contributed by atoms with E-state index in [1.165, 1.54) is 6.42 Å². The van der Waals surface area contributed by atoms with E-state index in [0.717, 1.165) is 30.8 Å². The topological polar surface area (TPSA) is 50.4 Å². The van der Waals surface area contributed by atoms with Gasteiger partial charge >= 0.3 is 0 Å². The molecule has 2 atom stereocenters. The zero-order valence-electron chi connectivity index (χ0n) is 12.3. The summed E-state index contributed by atoms with van der Waals surface area (Å²) in [7, 11) is 1.65. The molecule has 20 heavy (non-hydrogen) atoms. The van der Waals surface area contributed by atoms with Gasteiger partial charge in [-0.25, -0.2) is 0 Å². The Kier molecular flexibility index (Phi) is 5.41. The first-order chi connectivity index (χ1) is 9.69. The van der Waals surface area contributed by atoms with Crippen LogP contribution in [0.2, 0.25) is 0 Å². The standard InChI is InChI=1S/C16H24N2O2/c1-12(14-5-7-15(20-2)8-6-14)18-16(19)10-13-4-3-9-17-11-13/h5-8,12-13,17H,3-4,9-11H2,1-2H3,(H,18,19). The van der Waals surface area contributed by atoms with E-state index in [-0.39, 0.29) is 11.9 Å². The van der Waals surface area contributed by atoms with Crippen LogP contribution in [0.3, 0.4) is 0 Å². The van der Waals surface area contributed by atoms with Crippen molar-refractivity contribution >= 4 is 5.91 Å². The Bertz CT molecular complexity index is 425. The monoisotopic (exact) mass is 276 g/mol. The van der Waals surface area contributed by atoms with Crippen molar-refractivity contribution in [3.05, 3.63) is 29.8 Å². The first-order valence-corrected chi connectivity index (χ1v) is 7.33. The molecule has 1 aliphatic rings. The number of ether oxygens (including phenoxy) is 1. The van der Waals surface area contributed by atoms with E-state index in [1.807, 2.05) is 31.2 Å². The molecular weight excluding hydrogens is 252 g/mol. The van der Waals surface area contributed by atoms with Crippen molar-refractivity contribution in [2.24, 2.45) is 5.92 Å². The molecule has 1 amide bonds. The van der Waals surface area contributed by atoms with Gasteiger partial charge in [-0.2, -0.15) is 0 Å². The molecule has 1 saturated heterocycles. The molecule has 0 radical (unpaired) electrons. The summed E-state index contributed by atoms with van der Waals surface area (Å²) < 4.78 is 5.14. The fourth-order valence-corrected chi connectivity index (χ4v) is 2.64. The van der Waals surface area contributed by atoms with E-state index in [4.69, 9.17) is 4.74 Å². The predicted octanol–water partition coefficient (Wildman–Crippen LogP) is 2.26. The van der Waals surface area contributed by atoms with Gasteiger partial charge in [-0.3, -0.25) is 4.79 Å². The molecule has 0 spiro atoms. The highest BCUT2D eigenvalue weighted by molar-refractivity contribution is 5.76. The predicted molar refractivity (Wildman–Crippen MR) is 79.8 cm³/mol. The molecule has 4 heteroatoms. The highest BCUT2D eigenvalue weighted by Crippen LogP contribution is 2.18. The Morgan fingerprint density at radius 1 is 1.45 bits per heavy atom. The summed E-state index contributed by atoms with van der Waals surface area (Å²) in [5, 5.41) is 6.42. The van der Waals surface area contributed by atoms with Gasteiger partial charge in [-0.05, 0) is 56.5 Å². The summed E-state index contributed by atoms with van der Waals surface area (Å²) in [6, 6.07) is 7.86. The molecule has 1 heterocycles. The lowest BCUT2D eigenvalue weighted by Crippen LogP contribution is -2.35. The Morgan fingerprint density at radius 3 is 2.80 bits per heavy atom. The number of methoxy groups -OCH3 is 1. The Balaban J connectivity index is 1.82. The van der Waals surface area contributed by atoms with Gasteiger partial charge in [0.15, 0.2) is 0 Å². The van der Waals surface area contributed by atoms with Crippen LogP contribution in [0.5, 0.6) is 5.75 Å². The van der Waals surface area contributed by atoms with Crippen molar-refractivity contribution in [2.75, 3.05) is 20.2 Å². The first-order valence-electron chi connectivity index (χ1n) is 7.33. The Morgan fingerprint density at radius 2 is 2.20 bits per heavy atom. The van der Waals surface area contributed by atoms with Gasteiger partial charge in [0, 0.05) is 6.42 Å². The molecule has 0 aliphatic carbocycles. The summed E-state index contributed by atoms with van der Waals surface area (Å²) in [5.41, 5.74) is 1.10. The third-order valence-electron chi connectivity index (χ3n) is 3.87. The van der Waals surface area contributed by atoms with E-state index in [1.54, 1.807) is 7.11 Å². The number of benzene rings is 1. The molecule has 1 aromatic carbocycles. The van der Waals surface area contributed by atoms with Gasteiger partial charge < -0.3 is 15.4 Å². The van der Waals surface area contributed by atoms with Crippen molar-refractivity contribution in [1.29, 1.82) is 0 Å². The van der Waals surface area contributed by atoms with Crippen LogP contribution in [0.25, 0.3) is 0 Å². The van der Waals surface area contributed by atoms with E-state index >= 15 is 0 Å². The zero-order chi connectivity index (χ0) is 14.4.